The third-order valence-electron chi connectivity index (χ3n) is 3.28. The zero-order chi connectivity index (χ0) is 10.3. The van der Waals surface area contributed by atoms with Gasteiger partial charge in [-0.25, -0.2) is 0 Å². The first-order valence-corrected chi connectivity index (χ1v) is 5.04. The Morgan fingerprint density at radius 3 is 1.88 bits per heavy atom. The smallest absolute Gasteiger partial charge is 0.328 e. The van der Waals surface area contributed by atoms with Crippen LogP contribution >= 0.6 is 24.8 Å². The van der Waals surface area contributed by atoms with E-state index in [1.165, 1.54) is 0 Å². The molecule has 2 N–H and O–H groups in total. The van der Waals surface area contributed by atoms with Gasteiger partial charge in [-0.2, -0.15) is 13.2 Å². The van der Waals surface area contributed by atoms with Gasteiger partial charge >= 0.3 is 6.18 Å². The number of nitrogens with zero attached hydrogens (tertiary/aromatic N) is 1. The lowest BCUT2D eigenvalue weighted by molar-refractivity contribution is -0.155. The molecule has 98 valence electrons. The lowest BCUT2D eigenvalue weighted by atomic mass is 9.98. The number of halogens is 5. The Morgan fingerprint density at radius 2 is 1.50 bits per heavy atom. The molecular weight excluding hydrogens is 264 g/mol. The Labute approximate surface area is 106 Å². The average Bonchev–Trinajstić information content (AvgIpc) is 2.31. The summed E-state index contributed by atoms with van der Waals surface area (Å²) in [4.78, 5) is 1.60. The third-order valence-corrected chi connectivity index (χ3v) is 3.28. The summed E-state index contributed by atoms with van der Waals surface area (Å²) in [6.45, 7) is -0.755. The summed E-state index contributed by atoms with van der Waals surface area (Å²) in [5.41, 5.74) is 5.77. The minimum Gasteiger partial charge on any atom is -0.328 e. The summed E-state index contributed by atoms with van der Waals surface area (Å²) < 4.78 is 36.7. The van der Waals surface area contributed by atoms with E-state index in [4.69, 9.17) is 5.73 Å². The molecule has 0 aromatic rings. The fourth-order valence-corrected chi connectivity index (χ4v) is 2.78. The second kappa shape index (κ2) is 5.76. The van der Waals surface area contributed by atoms with Crippen LogP contribution < -0.4 is 5.73 Å². The van der Waals surface area contributed by atoms with Crippen LogP contribution in [0.25, 0.3) is 0 Å². The molecule has 2 saturated heterocycles. The highest BCUT2D eigenvalue weighted by Gasteiger charge is 2.44. The van der Waals surface area contributed by atoms with Crippen molar-refractivity contribution in [1.82, 2.24) is 4.90 Å². The standard InChI is InChI=1S/C9H15F3N2.2ClH/c10-9(11,12)5-14-7-1-2-8(14)4-6(13)3-7;;/h6-8H,1-5,13H2;2*1H. The number of piperidine rings is 1. The Hall–Kier alpha value is 0.290. The van der Waals surface area contributed by atoms with Crippen molar-refractivity contribution in [2.45, 2.75) is 50.0 Å². The molecule has 2 aliphatic heterocycles. The van der Waals surface area contributed by atoms with E-state index in [-0.39, 0.29) is 42.9 Å². The first-order chi connectivity index (χ1) is 6.46. The van der Waals surface area contributed by atoms with Gasteiger partial charge in [0.1, 0.15) is 0 Å². The van der Waals surface area contributed by atoms with Crippen LogP contribution in [-0.2, 0) is 0 Å². The van der Waals surface area contributed by atoms with E-state index in [1.54, 1.807) is 4.90 Å². The van der Waals surface area contributed by atoms with Crippen molar-refractivity contribution in [2.75, 3.05) is 6.54 Å². The fraction of sp³-hybridized carbons (Fsp3) is 1.00. The van der Waals surface area contributed by atoms with Crippen molar-refractivity contribution < 1.29 is 13.2 Å². The number of nitrogens with two attached hydrogens (primary N) is 1. The van der Waals surface area contributed by atoms with Gasteiger partial charge in [0.05, 0.1) is 6.54 Å². The van der Waals surface area contributed by atoms with Gasteiger partial charge in [-0.1, -0.05) is 0 Å². The number of fused-ring (bicyclic) bond motifs is 2. The molecule has 0 spiro atoms. The first kappa shape index (κ1) is 16.3. The van der Waals surface area contributed by atoms with Crippen molar-refractivity contribution in [2.24, 2.45) is 5.73 Å². The molecule has 2 unspecified atom stereocenters. The Kier molecular flexibility index (Phi) is 5.86. The van der Waals surface area contributed by atoms with Gasteiger partial charge in [0.15, 0.2) is 0 Å². The van der Waals surface area contributed by atoms with Gasteiger partial charge in [0, 0.05) is 18.1 Å². The van der Waals surface area contributed by atoms with Crippen molar-refractivity contribution >= 4 is 24.8 Å². The SMILES string of the molecule is Cl.Cl.NC1CC2CCC(C1)N2CC(F)(F)F. The summed E-state index contributed by atoms with van der Waals surface area (Å²) >= 11 is 0. The van der Waals surface area contributed by atoms with E-state index < -0.39 is 12.7 Å². The van der Waals surface area contributed by atoms with Crippen LogP contribution in [-0.4, -0.2) is 35.7 Å². The molecule has 0 radical (unpaired) electrons. The van der Waals surface area contributed by atoms with Crippen LogP contribution in [0.3, 0.4) is 0 Å². The van der Waals surface area contributed by atoms with Crippen molar-refractivity contribution in [3.63, 3.8) is 0 Å². The lowest BCUT2D eigenvalue weighted by Crippen LogP contribution is -2.50. The predicted octanol–water partition coefficient (Wildman–Crippen LogP) is 2.35. The Bertz CT molecular complexity index is 211. The van der Waals surface area contributed by atoms with E-state index in [0.717, 1.165) is 25.7 Å². The summed E-state index contributed by atoms with van der Waals surface area (Å²) in [6.07, 6.45) is -0.843. The van der Waals surface area contributed by atoms with Crippen molar-refractivity contribution in [1.29, 1.82) is 0 Å². The summed E-state index contributed by atoms with van der Waals surface area (Å²) in [7, 11) is 0. The molecule has 2 nitrogen and oxygen atoms in total. The molecule has 2 atom stereocenters. The van der Waals surface area contributed by atoms with Crippen LogP contribution in [0.4, 0.5) is 13.2 Å². The first-order valence-electron chi connectivity index (χ1n) is 5.04. The van der Waals surface area contributed by atoms with Crippen LogP contribution in [0.2, 0.25) is 0 Å². The maximum absolute atomic E-state index is 12.2. The summed E-state index contributed by atoms with van der Waals surface area (Å²) in [6, 6.07) is 0.257. The van der Waals surface area contributed by atoms with Crippen molar-refractivity contribution in [3.8, 4) is 0 Å². The van der Waals surface area contributed by atoms with Gasteiger partial charge in [0.2, 0.25) is 0 Å². The molecule has 0 aliphatic carbocycles. The second-order valence-electron chi connectivity index (χ2n) is 4.40. The molecule has 0 aromatic carbocycles. The normalized spacial score (nSPS) is 34.1. The highest BCUT2D eigenvalue weighted by Crippen LogP contribution is 2.36. The monoisotopic (exact) mass is 280 g/mol. The minimum absolute atomic E-state index is 0. The zero-order valence-electron chi connectivity index (χ0n) is 8.74. The quantitative estimate of drug-likeness (QED) is 0.799. The second-order valence-corrected chi connectivity index (χ2v) is 4.40. The van der Waals surface area contributed by atoms with Crippen LogP contribution in [0.15, 0.2) is 0 Å². The number of rotatable bonds is 1. The molecule has 2 rings (SSSR count). The molecule has 2 heterocycles. The third kappa shape index (κ3) is 3.65. The van der Waals surface area contributed by atoms with Crippen molar-refractivity contribution in [3.05, 3.63) is 0 Å². The van der Waals surface area contributed by atoms with E-state index in [2.05, 4.69) is 0 Å². The maximum atomic E-state index is 12.2. The van der Waals surface area contributed by atoms with Gasteiger partial charge in [0.25, 0.3) is 0 Å². The summed E-state index contributed by atoms with van der Waals surface area (Å²) in [5, 5.41) is 0. The largest absolute Gasteiger partial charge is 0.401 e. The summed E-state index contributed by atoms with van der Waals surface area (Å²) in [5.74, 6) is 0. The van der Waals surface area contributed by atoms with Gasteiger partial charge in [-0.15, -0.1) is 24.8 Å². The molecule has 7 heteroatoms. The van der Waals surface area contributed by atoms with E-state index in [1.807, 2.05) is 0 Å². The van der Waals surface area contributed by atoms with Crippen LogP contribution in [0.5, 0.6) is 0 Å². The van der Waals surface area contributed by atoms with Gasteiger partial charge in [-0.05, 0) is 25.7 Å². The van der Waals surface area contributed by atoms with E-state index in [0.29, 0.717) is 0 Å². The number of alkyl halides is 3. The number of hydrogen-bond acceptors (Lipinski definition) is 2. The van der Waals surface area contributed by atoms with Crippen LogP contribution in [0, 0.1) is 0 Å². The van der Waals surface area contributed by atoms with Gasteiger partial charge < -0.3 is 5.73 Å². The molecule has 2 aliphatic rings. The molecule has 0 saturated carbocycles. The highest BCUT2D eigenvalue weighted by atomic mass is 35.5. The topological polar surface area (TPSA) is 29.3 Å². The van der Waals surface area contributed by atoms with E-state index >= 15 is 0 Å². The Morgan fingerprint density at radius 1 is 1.06 bits per heavy atom. The van der Waals surface area contributed by atoms with Crippen LogP contribution in [0.1, 0.15) is 25.7 Å². The van der Waals surface area contributed by atoms with E-state index in [9.17, 15) is 13.2 Å². The number of hydrogen-bond donors (Lipinski definition) is 1. The highest BCUT2D eigenvalue weighted by molar-refractivity contribution is 5.85. The average molecular weight is 281 g/mol. The lowest BCUT2D eigenvalue weighted by Gasteiger charge is -2.37. The molecule has 2 bridgehead atoms. The maximum Gasteiger partial charge on any atom is 0.401 e. The molecule has 2 fully saturated rings. The minimum atomic E-state index is -4.07. The Balaban J connectivity index is 0.00000112. The molecule has 16 heavy (non-hydrogen) atoms. The molecule has 0 aromatic heterocycles. The zero-order valence-corrected chi connectivity index (χ0v) is 10.4. The fourth-order valence-electron chi connectivity index (χ4n) is 2.78. The predicted molar refractivity (Wildman–Crippen MR) is 61.3 cm³/mol. The molecule has 0 amide bonds. The van der Waals surface area contributed by atoms with Gasteiger partial charge in [-0.3, -0.25) is 4.90 Å². The molecular formula is C9H17Cl2F3N2.